The SMILES string of the molecule is CC(O)(C(=O)O)C1C2CC3CC(C2)CC1C3. The largest absolute Gasteiger partial charge is 0.479 e. The van der Waals surface area contributed by atoms with Crippen molar-refractivity contribution in [2.45, 2.75) is 44.6 Å². The van der Waals surface area contributed by atoms with Gasteiger partial charge in [-0.25, -0.2) is 4.79 Å². The smallest absolute Gasteiger partial charge is 0.335 e. The van der Waals surface area contributed by atoms with E-state index in [-0.39, 0.29) is 5.92 Å². The van der Waals surface area contributed by atoms with Gasteiger partial charge in [-0.3, -0.25) is 0 Å². The monoisotopic (exact) mass is 224 g/mol. The van der Waals surface area contributed by atoms with E-state index in [1.54, 1.807) is 0 Å². The molecule has 4 aliphatic rings. The van der Waals surface area contributed by atoms with Crippen molar-refractivity contribution in [1.82, 2.24) is 0 Å². The van der Waals surface area contributed by atoms with E-state index in [2.05, 4.69) is 0 Å². The third-order valence-electron chi connectivity index (χ3n) is 5.31. The minimum Gasteiger partial charge on any atom is -0.479 e. The first-order valence-corrected chi connectivity index (χ1v) is 6.44. The summed E-state index contributed by atoms with van der Waals surface area (Å²) in [5.74, 6) is 1.53. The lowest BCUT2D eigenvalue weighted by Gasteiger charge is -2.57. The highest BCUT2D eigenvalue weighted by Crippen LogP contribution is 2.59. The van der Waals surface area contributed by atoms with Gasteiger partial charge < -0.3 is 10.2 Å². The van der Waals surface area contributed by atoms with Crippen LogP contribution in [0.15, 0.2) is 0 Å². The molecule has 4 rings (SSSR count). The minimum absolute atomic E-state index is 0.00204. The predicted molar refractivity (Wildman–Crippen MR) is 58.8 cm³/mol. The number of carboxylic acids is 1. The van der Waals surface area contributed by atoms with E-state index < -0.39 is 11.6 Å². The molecular weight excluding hydrogens is 204 g/mol. The molecule has 3 nitrogen and oxygen atoms in total. The van der Waals surface area contributed by atoms with E-state index in [0.29, 0.717) is 11.8 Å². The van der Waals surface area contributed by atoms with Crippen LogP contribution in [0.4, 0.5) is 0 Å². The van der Waals surface area contributed by atoms with Crippen molar-refractivity contribution in [1.29, 1.82) is 0 Å². The van der Waals surface area contributed by atoms with Crippen molar-refractivity contribution in [3.63, 3.8) is 0 Å². The Labute approximate surface area is 95.9 Å². The van der Waals surface area contributed by atoms with Crippen LogP contribution in [-0.4, -0.2) is 21.8 Å². The van der Waals surface area contributed by atoms with Crippen LogP contribution in [0, 0.1) is 29.6 Å². The Morgan fingerprint density at radius 2 is 1.50 bits per heavy atom. The van der Waals surface area contributed by atoms with Crippen molar-refractivity contribution in [3.8, 4) is 0 Å². The highest BCUT2D eigenvalue weighted by molar-refractivity contribution is 5.77. The molecule has 16 heavy (non-hydrogen) atoms. The second-order valence-corrected chi connectivity index (χ2v) is 6.41. The molecule has 0 saturated heterocycles. The van der Waals surface area contributed by atoms with Gasteiger partial charge in [-0.2, -0.15) is 0 Å². The van der Waals surface area contributed by atoms with Crippen molar-refractivity contribution in [3.05, 3.63) is 0 Å². The maximum absolute atomic E-state index is 11.2. The molecule has 90 valence electrons. The summed E-state index contributed by atoms with van der Waals surface area (Å²) in [6.07, 6.45) is 5.97. The molecule has 0 spiro atoms. The first kappa shape index (κ1) is 10.6. The predicted octanol–water partition coefficient (Wildman–Crippen LogP) is 1.89. The molecule has 0 aromatic heterocycles. The van der Waals surface area contributed by atoms with Gasteiger partial charge in [0.25, 0.3) is 0 Å². The fraction of sp³-hybridized carbons (Fsp3) is 0.923. The molecule has 1 unspecified atom stereocenters. The molecule has 0 radical (unpaired) electrons. The fourth-order valence-corrected chi connectivity index (χ4v) is 4.99. The molecule has 1 atom stereocenters. The molecule has 0 aliphatic heterocycles. The van der Waals surface area contributed by atoms with E-state index >= 15 is 0 Å². The molecule has 0 aromatic carbocycles. The summed E-state index contributed by atoms with van der Waals surface area (Å²) in [4.78, 5) is 11.2. The Bertz CT molecular complexity index is 293. The van der Waals surface area contributed by atoms with E-state index in [9.17, 15) is 15.0 Å². The quantitative estimate of drug-likeness (QED) is 0.753. The summed E-state index contributed by atoms with van der Waals surface area (Å²) in [5.41, 5.74) is -1.51. The van der Waals surface area contributed by atoms with E-state index in [1.165, 1.54) is 13.3 Å². The molecular formula is C13H20O3. The Morgan fingerprint density at radius 1 is 1.06 bits per heavy atom. The van der Waals surface area contributed by atoms with Crippen molar-refractivity contribution in [2.24, 2.45) is 29.6 Å². The topological polar surface area (TPSA) is 57.5 Å². The molecule has 4 fully saturated rings. The standard InChI is InChI=1S/C13H20O3/c1-13(16,12(14)15)11-9-3-7-2-8(5-9)6-10(11)4-7/h7-11,16H,2-6H2,1H3,(H,14,15). The Kier molecular flexibility index (Phi) is 2.13. The van der Waals surface area contributed by atoms with Gasteiger partial charge in [-0.05, 0) is 62.7 Å². The van der Waals surface area contributed by atoms with Crippen LogP contribution in [0.5, 0.6) is 0 Å². The second-order valence-electron chi connectivity index (χ2n) is 6.41. The van der Waals surface area contributed by atoms with Gasteiger partial charge >= 0.3 is 5.97 Å². The Balaban J connectivity index is 1.89. The summed E-state index contributed by atoms with van der Waals surface area (Å²) in [6, 6.07) is 0. The average molecular weight is 224 g/mol. The van der Waals surface area contributed by atoms with Gasteiger partial charge in [0.05, 0.1) is 0 Å². The van der Waals surface area contributed by atoms with Crippen LogP contribution in [0.1, 0.15) is 39.0 Å². The van der Waals surface area contributed by atoms with Crippen molar-refractivity contribution in [2.75, 3.05) is 0 Å². The third-order valence-corrected chi connectivity index (χ3v) is 5.31. The summed E-state index contributed by atoms with van der Waals surface area (Å²) >= 11 is 0. The zero-order valence-electron chi connectivity index (χ0n) is 9.72. The Hall–Kier alpha value is -0.570. The number of rotatable bonds is 2. The number of aliphatic hydroxyl groups is 1. The average Bonchev–Trinajstić information content (AvgIpc) is 2.14. The molecule has 2 N–H and O–H groups in total. The summed E-state index contributed by atoms with van der Waals surface area (Å²) < 4.78 is 0. The van der Waals surface area contributed by atoms with Gasteiger partial charge in [-0.15, -0.1) is 0 Å². The van der Waals surface area contributed by atoms with Gasteiger partial charge in [0.2, 0.25) is 0 Å². The number of hydrogen-bond acceptors (Lipinski definition) is 2. The highest BCUT2D eigenvalue weighted by Gasteiger charge is 2.56. The maximum atomic E-state index is 11.2. The second kappa shape index (κ2) is 3.22. The summed E-state index contributed by atoms with van der Waals surface area (Å²) in [7, 11) is 0. The molecule has 0 amide bonds. The van der Waals surface area contributed by atoms with Crippen molar-refractivity contribution >= 4 is 5.97 Å². The number of carboxylic acid groups (broad SMARTS) is 1. The van der Waals surface area contributed by atoms with E-state index in [0.717, 1.165) is 37.5 Å². The molecule has 0 heterocycles. The van der Waals surface area contributed by atoms with Gasteiger partial charge in [0.15, 0.2) is 5.60 Å². The lowest BCUT2D eigenvalue weighted by Crippen LogP contribution is -2.56. The van der Waals surface area contributed by atoms with Crippen LogP contribution in [0.25, 0.3) is 0 Å². The van der Waals surface area contributed by atoms with Crippen LogP contribution in [0.2, 0.25) is 0 Å². The summed E-state index contributed by atoms with van der Waals surface area (Å²) in [6.45, 7) is 1.50. The van der Waals surface area contributed by atoms with Gasteiger partial charge in [0, 0.05) is 5.92 Å². The molecule has 4 aliphatic carbocycles. The number of aliphatic carboxylic acids is 1. The minimum atomic E-state index is -1.51. The maximum Gasteiger partial charge on any atom is 0.335 e. The van der Waals surface area contributed by atoms with Gasteiger partial charge in [0.1, 0.15) is 0 Å². The number of carbonyl (C=O) groups is 1. The normalized spacial score (nSPS) is 49.0. The zero-order chi connectivity index (χ0) is 11.5. The third kappa shape index (κ3) is 1.33. The van der Waals surface area contributed by atoms with Crippen LogP contribution >= 0.6 is 0 Å². The number of hydrogen-bond donors (Lipinski definition) is 2. The van der Waals surface area contributed by atoms with Gasteiger partial charge in [-0.1, -0.05) is 0 Å². The highest BCUT2D eigenvalue weighted by atomic mass is 16.4. The summed E-state index contributed by atoms with van der Waals surface area (Å²) in [5, 5.41) is 19.4. The molecule has 3 heteroatoms. The fourth-order valence-electron chi connectivity index (χ4n) is 4.99. The molecule has 4 bridgehead atoms. The molecule has 0 aromatic rings. The van der Waals surface area contributed by atoms with E-state index in [1.807, 2.05) is 0 Å². The van der Waals surface area contributed by atoms with E-state index in [4.69, 9.17) is 0 Å². The van der Waals surface area contributed by atoms with Crippen molar-refractivity contribution < 1.29 is 15.0 Å². The van der Waals surface area contributed by atoms with Crippen LogP contribution < -0.4 is 0 Å². The zero-order valence-corrected chi connectivity index (χ0v) is 9.72. The lowest BCUT2D eigenvalue weighted by molar-refractivity contribution is -0.182. The van der Waals surface area contributed by atoms with Crippen LogP contribution in [0.3, 0.4) is 0 Å². The first-order chi connectivity index (χ1) is 7.48. The first-order valence-electron chi connectivity index (χ1n) is 6.44. The molecule has 4 saturated carbocycles. The van der Waals surface area contributed by atoms with Crippen LogP contribution in [-0.2, 0) is 4.79 Å². The lowest BCUT2D eigenvalue weighted by atomic mass is 9.49. The Morgan fingerprint density at radius 3 is 1.88 bits per heavy atom.